The highest BCUT2D eigenvalue weighted by atomic mass is 16.3. The van der Waals surface area contributed by atoms with E-state index in [-0.39, 0.29) is 19.6 Å². The fraction of sp³-hybridized carbons (Fsp3) is 1.00. The van der Waals surface area contributed by atoms with E-state index in [4.69, 9.17) is 10.2 Å². The molecule has 0 bridgehead atoms. The molecule has 2 nitrogen and oxygen atoms in total. The van der Waals surface area contributed by atoms with E-state index < -0.39 is 0 Å². The van der Waals surface area contributed by atoms with Gasteiger partial charge in [0.25, 0.3) is 0 Å². The van der Waals surface area contributed by atoms with Crippen LogP contribution in [0.3, 0.4) is 0 Å². The highest BCUT2D eigenvalue weighted by Crippen LogP contribution is 1.99. The van der Waals surface area contributed by atoms with E-state index in [9.17, 15) is 0 Å². The van der Waals surface area contributed by atoms with Crippen molar-refractivity contribution in [2.45, 2.75) is 46.3 Å². The summed E-state index contributed by atoms with van der Waals surface area (Å²) in [6.45, 7) is 3.58. The Kier molecular flexibility index (Phi) is 7.85. The summed E-state index contributed by atoms with van der Waals surface area (Å²) in [5.41, 5.74) is 0. The van der Waals surface area contributed by atoms with E-state index in [1.807, 2.05) is 6.92 Å². The maximum Gasteiger partial charge on any atom is 0.0562 e. The van der Waals surface area contributed by atoms with Gasteiger partial charge < -0.3 is 10.2 Å². The first kappa shape index (κ1) is 11.7. The van der Waals surface area contributed by atoms with Crippen LogP contribution in [0.25, 0.3) is 0 Å². The van der Waals surface area contributed by atoms with E-state index in [0.29, 0.717) is 6.42 Å². The van der Waals surface area contributed by atoms with Gasteiger partial charge in [-0.2, -0.15) is 0 Å². The summed E-state index contributed by atoms with van der Waals surface area (Å²) >= 11 is 0. The van der Waals surface area contributed by atoms with Crippen molar-refractivity contribution in [3.05, 3.63) is 0 Å². The standard InChI is InChI=1S/C6H14O2.CH4/c1-3-6(8)4-5(2)7;/h5-8H,3-4H2,1-2H3;1H4. The molecule has 9 heavy (non-hydrogen) atoms. The van der Waals surface area contributed by atoms with Gasteiger partial charge in [-0.3, -0.25) is 0 Å². The van der Waals surface area contributed by atoms with Crippen LogP contribution < -0.4 is 0 Å². The fourth-order valence-electron chi connectivity index (χ4n) is 0.560. The Morgan fingerprint density at radius 1 is 1.33 bits per heavy atom. The van der Waals surface area contributed by atoms with Gasteiger partial charge in [-0.05, 0) is 19.8 Å². The van der Waals surface area contributed by atoms with E-state index in [1.165, 1.54) is 0 Å². The summed E-state index contributed by atoms with van der Waals surface area (Å²) in [5.74, 6) is 0. The van der Waals surface area contributed by atoms with Gasteiger partial charge in [-0.1, -0.05) is 14.4 Å². The Morgan fingerprint density at radius 3 is 1.89 bits per heavy atom. The average molecular weight is 134 g/mol. The third kappa shape index (κ3) is 7.92. The van der Waals surface area contributed by atoms with Gasteiger partial charge in [0.2, 0.25) is 0 Å². The van der Waals surface area contributed by atoms with E-state index in [1.54, 1.807) is 6.92 Å². The Balaban J connectivity index is 0. The Bertz CT molecular complexity index is 52.9. The van der Waals surface area contributed by atoms with E-state index >= 15 is 0 Å². The Morgan fingerprint density at radius 2 is 1.78 bits per heavy atom. The molecule has 2 unspecified atom stereocenters. The van der Waals surface area contributed by atoms with Gasteiger partial charge in [0.05, 0.1) is 12.2 Å². The highest BCUT2D eigenvalue weighted by Gasteiger charge is 2.03. The van der Waals surface area contributed by atoms with Crippen LogP contribution in [0.1, 0.15) is 34.1 Å². The molecule has 58 valence electrons. The summed E-state index contributed by atoms with van der Waals surface area (Å²) in [5, 5.41) is 17.6. The molecular weight excluding hydrogens is 116 g/mol. The van der Waals surface area contributed by atoms with Crippen molar-refractivity contribution in [2.24, 2.45) is 0 Å². The molecule has 2 N–H and O–H groups in total. The molecule has 0 saturated heterocycles. The molecule has 0 aliphatic carbocycles. The zero-order valence-corrected chi connectivity index (χ0v) is 5.46. The molecule has 0 saturated carbocycles. The second-order valence-corrected chi connectivity index (χ2v) is 2.15. The van der Waals surface area contributed by atoms with Gasteiger partial charge in [0.1, 0.15) is 0 Å². The number of hydrogen-bond acceptors (Lipinski definition) is 2. The minimum absolute atomic E-state index is 0. The minimum atomic E-state index is -0.370. The average Bonchev–Trinajstić information content (AvgIpc) is 1.65. The Hall–Kier alpha value is -0.0800. The van der Waals surface area contributed by atoms with Gasteiger partial charge >= 0.3 is 0 Å². The van der Waals surface area contributed by atoms with Crippen LogP contribution in [0.2, 0.25) is 0 Å². The molecule has 0 fully saturated rings. The van der Waals surface area contributed by atoms with E-state index in [2.05, 4.69) is 0 Å². The van der Waals surface area contributed by atoms with Crippen LogP contribution in [-0.2, 0) is 0 Å². The largest absolute Gasteiger partial charge is 0.393 e. The maximum atomic E-state index is 8.87. The van der Waals surface area contributed by atoms with Crippen molar-refractivity contribution in [1.82, 2.24) is 0 Å². The molecule has 2 heteroatoms. The van der Waals surface area contributed by atoms with Crippen LogP contribution in [0.4, 0.5) is 0 Å². The summed E-state index contributed by atoms with van der Waals surface area (Å²) < 4.78 is 0. The van der Waals surface area contributed by atoms with Crippen molar-refractivity contribution in [3.63, 3.8) is 0 Å². The quantitative estimate of drug-likeness (QED) is 0.608. The SMILES string of the molecule is C.CCC(O)CC(C)O. The zero-order valence-electron chi connectivity index (χ0n) is 5.46. The molecular formula is C7H18O2. The molecule has 0 heterocycles. The summed E-state index contributed by atoms with van der Waals surface area (Å²) in [4.78, 5) is 0. The number of aliphatic hydroxyl groups excluding tert-OH is 2. The first-order valence-electron chi connectivity index (χ1n) is 3.03. The highest BCUT2D eigenvalue weighted by molar-refractivity contribution is 4.55. The third-order valence-corrected chi connectivity index (χ3v) is 1.08. The molecule has 0 spiro atoms. The molecule has 0 aromatic rings. The van der Waals surface area contributed by atoms with Crippen LogP contribution >= 0.6 is 0 Å². The monoisotopic (exact) mass is 134 g/mol. The lowest BCUT2D eigenvalue weighted by Crippen LogP contribution is -2.13. The number of aliphatic hydroxyl groups is 2. The second-order valence-electron chi connectivity index (χ2n) is 2.15. The zero-order chi connectivity index (χ0) is 6.57. The molecule has 0 aromatic carbocycles. The third-order valence-electron chi connectivity index (χ3n) is 1.08. The lowest BCUT2D eigenvalue weighted by Gasteiger charge is -2.08. The summed E-state index contributed by atoms with van der Waals surface area (Å²) in [6.07, 6.45) is 0.529. The predicted octanol–water partition coefficient (Wildman–Crippen LogP) is 1.16. The molecule has 0 aromatic heterocycles. The first-order valence-corrected chi connectivity index (χ1v) is 3.03. The molecule has 0 rings (SSSR count). The summed E-state index contributed by atoms with van der Waals surface area (Å²) in [6, 6.07) is 0. The van der Waals surface area contributed by atoms with Crippen LogP contribution in [0, 0.1) is 0 Å². The van der Waals surface area contributed by atoms with Gasteiger partial charge in [-0.25, -0.2) is 0 Å². The molecule has 0 aliphatic rings. The lowest BCUT2D eigenvalue weighted by molar-refractivity contribution is 0.0883. The van der Waals surface area contributed by atoms with Crippen LogP contribution in [0.15, 0.2) is 0 Å². The molecule has 0 aliphatic heterocycles. The Labute approximate surface area is 57.5 Å². The van der Waals surface area contributed by atoms with Crippen molar-refractivity contribution in [1.29, 1.82) is 0 Å². The molecule has 0 amide bonds. The van der Waals surface area contributed by atoms with Crippen molar-refractivity contribution in [3.8, 4) is 0 Å². The molecule has 2 atom stereocenters. The normalized spacial score (nSPS) is 16.0. The second kappa shape index (κ2) is 6.05. The van der Waals surface area contributed by atoms with Gasteiger partial charge in [-0.15, -0.1) is 0 Å². The number of rotatable bonds is 3. The topological polar surface area (TPSA) is 40.5 Å². The summed E-state index contributed by atoms with van der Waals surface area (Å²) in [7, 11) is 0. The fourth-order valence-corrected chi connectivity index (χ4v) is 0.560. The lowest BCUT2D eigenvalue weighted by atomic mass is 10.1. The first-order chi connectivity index (χ1) is 3.66. The van der Waals surface area contributed by atoms with Crippen molar-refractivity contribution >= 4 is 0 Å². The number of hydrogen-bond donors (Lipinski definition) is 2. The van der Waals surface area contributed by atoms with Crippen molar-refractivity contribution < 1.29 is 10.2 Å². The van der Waals surface area contributed by atoms with E-state index in [0.717, 1.165) is 6.42 Å². The molecule has 0 radical (unpaired) electrons. The maximum absolute atomic E-state index is 8.87. The van der Waals surface area contributed by atoms with Crippen LogP contribution in [0.5, 0.6) is 0 Å². The minimum Gasteiger partial charge on any atom is -0.393 e. The smallest absolute Gasteiger partial charge is 0.0562 e. The van der Waals surface area contributed by atoms with Gasteiger partial charge in [0.15, 0.2) is 0 Å². The predicted molar refractivity (Wildman–Crippen MR) is 39.3 cm³/mol. The van der Waals surface area contributed by atoms with Gasteiger partial charge in [0, 0.05) is 0 Å². The van der Waals surface area contributed by atoms with Crippen LogP contribution in [-0.4, -0.2) is 22.4 Å². The van der Waals surface area contributed by atoms with Crippen molar-refractivity contribution in [2.75, 3.05) is 0 Å².